The van der Waals surface area contributed by atoms with Gasteiger partial charge in [-0.3, -0.25) is 4.79 Å². The molecule has 12 heteroatoms. The number of rotatable bonds is 5. The van der Waals surface area contributed by atoms with Crippen molar-refractivity contribution in [3.8, 4) is 5.75 Å². The van der Waals surface area contributed by atoms with Crippen molar-refractivity contribution >= 4 is 46.4 Å². The zero-order valence-corrected chi connectivity index (χ0v) is 16.5. The van der Waals surface area contributed by atoms with Gasteiger partial charge in [0.05, 0.1) is 10.0 Å². The van der Waals surface area contributed by atoms with Crippen LogP contribution in [0.4, 0.5) is 27.6 Å². The van der Waals surface area contributed by atoms with E-state index in [9.17, 15) is 26.7 Å². The minimum absolute atomic E-state index is 0.0691. The first-order valence-electron chi connectivity index (χ1n) is 7.79. The van der Waals surface area contributed by atoms with Gasteiger partial charge in [0.2, 0.25) is 5.82 Å². The molecule has 1 N–H and O–H groups in total. The third-order valence-corrected chi connectivity index (χ3v) is 4.44. The van der Waals surface area contributed by atoms with Crippen LogP contribution in [0.1, 0.15) is 16.3 Å². The molecule has 0 aliphatic heterocycles. The molecule has 4 nitrogen and oxygen atoms in total. The second-order valence-corrected chi connectivity index (χ2v) is 6.90. The van der Waals surface area contributed by atoms with Crippen molar-refractivity contribution < 1.29 is 35.9 Å². The molecule has 30 heavy (non-hydrogen) atoms. The zero-order chi connectivity index (χ0) is 22.2. The van der Waals surface area contributed by atoms with Gasteiger partial charge in [0.15, 0.2) is 34.8 Å². The van der Waals surface area contributed by atoms with Crippen LogP contribution in [-0.2, 0) is 6.61 Å². The molecule has 0 spiro atoms. The monoisotopic (exact) mass is 485 g/mol. The fourth-order valence-electron chi connectivity index (χ4n) is 2.28. The lowest BCUT2D eigenvalue weighted by atomic mass is 10.2. The Balaban J connectivity index is 1.75. The predicted octanol–water partition coefficient (Wildman–Crippen LogP) is 6.77. The molecule has 0 fully saturated rings. The Kier molecular flexibility index (Phi) is 6.44. The highest BCUT2D eigenvalue weighted by Crippen LogP contribution is 2.36. The van der Waals surface area contributed by atoms with Gasteiger partial charge in [0.25, 0.3) is 5.91 Å². The van der Waals surface area contributed by atoms with Crippen molar-refractivity contribution in [2.45, 2.75) is 6.61 Å². The SMILES string of the molecule is O=C(Nc1c(F)c(F)c(F)c(F)c1F)c1ccc(COc2c(Cl)cc(Cl)cc2Cl)o1. The second kappa shape index (κ2) is 8.71. The quantitative estimate of drug-likeness (QED) is 0.246. The third kappa shape index (κ3) is 4.33. The lowest BCUT2D eigenvalue weighted by Crippen LogP contribution is -2.16. The van der Waals surface area contributed by atoms with Crippen molar-refractivity contribution in [1.82, 2.24) is 0 Å². The number of nitrogens with one attached hydrogen (secondary N) is 1. The number of ether oxygens (including phenoxy) is 1. The summed E-state index contributed by atoms with van der Waals surface area (Å²) in [6, 6.07) is 5.15. The van der Waals surface area contributed by atoms with Crippen molar-refractivity contribution in [3.05, 3.63) is 79.9 Å². The number of carbonyl (C=O) groups excluding carboxylic acids is 1. The van der Waals surface area contributed by atoms with E-state index in [-0.39, 0.29) is 33.2 Å². The second-order valence-electron chi connectivity index (χ2n) is 5.65. The minimum atomic E-state index is -2.35. The van der Waals surface area contributed by atoms with Crippen LogP contribution < -0.4 is 10.1 Å². The molecule has 2 aromatic carbocycles. The van der Waals surface area contributed by atoms with Gasteiger partial charge >= 0.3 is 0 Å². The molecule has 3 rings (SSSR count). The number of anilines is 1. The van der Waals surface area contributed by atoms with Crippen molar-refractivity contribution in [3.63, 3.8) is 0 Å². The van der Waals surface area contributed by atoms with E-state index in [4.69, 9.17) is 44.0 Å². The molecule has 0 saturated heterocycles. The molecule has 0 aliphatic rings. The maximum absolute atomic E-state index is 13.7. The Morgan fingerprint density at radius 3 is 2.00 bits per heavy atom. The van der Waals surface area contributed by atoms with Gasteiger partial charge in [0, 0.05) is 5.02 Å². The largest absolute Gasteiger partial charge is 0.483 e. The van der Waals surface area contributed by atoms with E-state index < -0.39 is 46.4 Å². The van der Waals surface area contributed by atoms with E-state index in [1.807, 2.05) is 0 Å². The highest BCUT2D eigenvalue weighted by molar-refractivity contribution is 6.40. The fraction of sp³-hybridized carbons (Fsp3) is 0.0556. The summed E-state index contributed by atoms with van der Waals surface area (Å²) in [4.78, 5) is 12.1. The smallest absolute Gasteiger partial charge is 0.291 e. The Labute approximate surface area is 180 Å². The molecule has 1 heterocycles. The Morgan fingerprint density at radius 2 is 1.43 bits per heavy atom. The summed E-state index contributed by atoms with van der Waals surface area (Å²) in [5.41, 5.74) is -1.51. The molecule has 158 valence electrons. The number of halogens is 8. The van der Waals surface area contributed by atoms with Crippen molar-refractivity contribution in [2.75, 3.05) is 5.32 Å². The van der Waals surface area contributed by atoms with Crippen LogP contribution in [-0.4, -0.2) is 5.91 Å². The normalized spacial score (nSPS) is 10.9. The molecule has 1 aromatic heterocycles. The van der Waals surface area contributed by atoms with Crippen LogP contribution in [0.5, 0.6) is 5.75 Å². The molecule has 0 radical (unpaired) electrons. The lowest BCUT2D eigenvalue weighted by molar-refractivity contribution is 0.0991. The van der Waals surface area contributed by atoms with E-state index in [0.717, 1.165) is 6.07 Å². The summed E-state index contributed by atoms with van der Waals surface area (Å²) < 4.78 is 77.4. The average Bonchev–Trinajstić information content (AvgIpc) is 3.16. The first kappa shape index (κ1) is 22.2. The van der Waals surface area contributed by atoms with E-state index in [2.05, 4.69) is 0 Å². The average molecular weight is 487 g/mol. The van der Waals surface area contributed by atoms with Gasteiger partial charge in [-0.2, -0.15) is 0 Å². The molecule has 1 amide bonds. The van der Waals surface area contributed by atoms with Gasteiger partial charge in [-0.05, 0) is 24.3 Å². The van der Waals surface area contributed by atoms with E-state index in [1.54, 1.807) is 5.32 Å². The van der Waals surface area contributed by atoms with E-state index >= 15 is 0 Å². The first-order valence-corrected chi connectivity index (χ1v) is 8.92. The van der Waals surface area contributed by atoms with Crippen LogP contribution in [0.3, 0.4) is 0 Å². The summed E-state index contributed by atoms with van der Waals surface area (Å²) in [6.45, 7) is -0.253. The van der Waals surface area contributed by atoms with Gasteiger partial charge in [-0.15, -0.1) is 0 Å². The molecule has 3 aromatic rings. The first-order chi connectivity index (χ1) is 14.1. The number of hydrogen-bond acceptors (Lipinski definition) is 3. The highest BCUT2D eigenvalue weighted by Gasteiger charge is 2.27. The van der Waals surface area contributed by atoms with Crippen molar-refractivity contribution in [1.29, 1.82) is 0 Å². The number of benzene rings is 2. The topological polar surface area (TPSA) is 51.5 Å². The van der Waals surface area contributed by atoms with Crippen LogP contribution in [0, 0.1) is 29.1 Å². The van der Waals surface area contributed by atoms with Gasteiger partial charge in [-0.25, -0.2) is 22.0 Å². The Hall–Kier alpha value is -2.49. The molecular weight excluding hydrogens is 480 g/mol. The number of carbonyl (C=O) groups is 1. The molecule has 0 unspecified atom stereocenters. The lowest BCUT2D eigenvalue weighted by Gasteiger charge is -2.09. The fourth-order valence-corrected chi connectivity index (χ4v) is 3.20. The minimum Gasteiger partial charge on any atom is -0.483 e. The summed E-state index contributed by atoms with van der Waals surface area (Å²) >= 11 is 17.7. The molecule has 0 atom stereocenters. The summed E-state index contributed by atoms with van der Waals surface area (Å²) in [5, 5.41) is 2.10. The number of furan rings is 1. The van der Waals surface area contributed by atoms with E-state index in [0.29, 0.717) is 0 Å². The van der Waals surface area contributed by atoms with Gasteiger partial charge in [0.1, 0.15) is 18.1 Å². The summed E-state index contributed by atoms with van der Waals surface area (Å²) in [7, 11) is 0. The zero-order valence-electron chi connectivity index (χ0n) is 14.3. The maximum atomic E-state index is 13.7. The molecule has 0 bridgehead atoms. The standard InChI is InChI=1S/C18H7Cl3F5NO3/c19-6-3-8(20)17(9(21)4-6)29-5-7-1-2-10(30-7)18(28)27-16-14(25)12(23)11(22)13(24)15(16)26/h1-4H,5H2,(H,27,28). The number of hydrogen-bond donors (Lipinski definition) is 1. The van der Waals surface area contributed by atoms with Crippen molar-refractivity contribution in [2.24, 2.45) is 0 Å². The maximum Gasteiger partial charge on any atom is 0.291 e. The predicted molar refractivity (Wildman–Crippen MR) is 98.7 cm³/mol. The van der Waals surface area contributed by atoms with Crippen LogP contribution in [0.15, 0.2) is 28.7 Å². The highest BCUT2D eigenvalue weighted by atomic mass is 35.5. The van der Waals surface area contributed by atoms with Gasteiger partial charge < -0.3 is 14.5 Å². The number of amides is 1. The molecule has 0 aliphatic carbocycles. The van der Waals surface area contributed by atoms with Crippen LogP contribution >= 0.6 is 34.8 Å². The van der Waals surface area contributed by atoms with E-state index in [1.165, 1.54) is 18.2 Å². The molecular formula is C18H7Cl3F5NO3. The Bertz CT molecular complexity index is 1100. The Morgan fingerprint density at radius 1 is 0.900 bits per heavy atom. The summed E-state index contributed by atoms with van der Waals surface area (Å²) in [5.74, 6) is -12.7. The third-order valence-electron chi connectivity index (χ3n) is 3.66. The van der Waals surface area contributed by atoms with Crippen LogP contribution in [0.25, 0.3) is 0 Å². The van der Waals surface area contributed by atoms with Crippen LogP contribution in [0.2, 0.25) is 15.1 Å². The van der Waals surface area contributed by atoms with Gasteiger partial charge in [-0.1, -0.05) is 34.8 Å². The molecule has 0 saturated carbocycles. The summed E-state index contributed by atoms with van der Waals surface area (Å²) in [6.07, 6.45) is 0.